The number of aliphatic hydroxyl groups is 1. The average molecular weight is 462 g/mol. The molecular weight excluding hydrogens is 434 g/mol. The zero-order valence-corrected chi connectivity index (χ0v) is 18.5. The van der Waals surface area contributed by atoms with E-state index >= 15 is 0 Å². The number of nitrogens with zero attached hydrogens (tertiary/aromatic N) is 1. The van der Waals surface area contributed by atoms with Gasteiger partial charge in [-0.05, 0) is 17.7 Å². The van der Waals surface area contributed by atoms with Crippen LogP contribution in [0.4, 0.5) is 0 Å². The second kappa shape index (κ2) is 10.5. The van der Waals surface area contributed by atoms with Gasteiger partial charge in [0.1, 0.15) is 30.1 Å². The topological polar surface area (TPSA) is 89.7 Å². The van der Waals surface area contributed by atoms with Gasteiger partial charge in [-0.1, -0.05) is 72.8 Å². The lowest BCUT2D eigenvalue weighted by atomic mass is 9.96. The minimum absolute atomic E-state index is 0.101. The molecule has 2 heterocycles. The number of aliphatic hydroxyl groups excluding tert-OH is 1. The van der Waals surface area contributed by atoms with E-state index in [1.807, 2.05) is 60.7 Å². The molecular formula is C27H27NO6. The van der Waals surface area contributed by atoms with E-state index in [1.54, 1.807) is 24.3 Å². The number of phenolic OH excluding ortho intramolecular Hbond substituents is 1. The fourth-order valence-electron chi connectivity index (χ4n) is 4.17. The van der Waals surface area contributed by atoms with Gasteiger partial charge in [0, 0.05) is 17.3 Å². The molecule has 2 aliphatic heterocycles. The van der Waals surface area contributed by atoms with Crippen LogP contribution in [0.25, 0.3) is 0 Å². The van der Waals surface area contributed by atoms with E-state index in [0.29, 0.717) is 12.2 Å². The molecule has 2 saturated heterocycles. The van der Waals surface area contributed by atoms with E-state index in [9.17, 15) is 10.2 Å². The predicted octanol–water partition coefficient (Wildman–Crippen LogP) is 3.60. The molecule has 5 rings (SSSR count). The summed E-state index contributed by atoms with van der Waals surface area (Å²) in [5, 5.41) is 21.4. The molecule has 2 aliphatic rings. The van der Waals surface area contributed by atoms with Gasteiger partial charge in [-0.3, -0.25) is 4.99 Å². The predicted molar refractivity (Wildman–Crippen MR) is 125 cm³/mol. The Labute approximate surface area is 198 Å². The second-order valence-corrected chi connectivity index (χ2v) is 8.33. The van der Waals surface area contributed by atoms with Gasteiger partial charge >= 0.3 is 0 Å². The Balaban J connectivity index is 1.37. The molecule has 2 N–H and O–H groups in total. The third-order valence-corrected chi connectivity index (χ3v) is 5.98. The van der Waals surface area contributed by atoms with Crippen LogP contribution in [-0.2, 0) is 25.6 Å². The monoisotopic (exact) mass is 461 g/mol. The van der Waals surface area contributed by atoms with Crippen molar-refractivity contribution in [2.45, 2.75) is 43.5 Å². The molecule has 0 saturated carbocycles. The first-order valence-corrected chi connectivity index (χ1v) is 11.3. The number of phenols is 1. The molecule has 176 valence electrons. The fourth-order valence-corrected chi connectivity index (χ4v) is 4.17. The fraction of sp³-hybridized carbons (Fsp3) is 0.296. The maximum Gasteiger partial charge on any atom is 0.184 e. The van der Waals surface area contributed by atoms with Gasteiger partial charge in [-0.15, -0.1) is 0 Å². The summed E-state index contributed by atoms with van der Waals surface area (Å²) in [6, 6.07) is 25.4. The third-order valence-electron chi connectivity index (χ3n) is 5.98. The summed E-state index contributed by atoms with van der Waals surface area (Å²) in [7, 11) is 0. The van der Waals surface area contributed by atoms with Crippen molar-refractivity contribution in [3.05, 3.63) is 102 Å². The van der Waals surface area contributed by atoms with Gasteiger partial charge in [-0.25, -0.2) is 0 Å². The third kappa shape index (κ3) is 5.04. The maximum atomic E-state index is 11.3. The first-order valence-electron chi connectivity index (χ1n) is 11.3. The molecule has 0 bridgehead atoms. The normalized spacial score (nSPS) is 29.1. The SMILES string of the molecule is Oc1ccccc1C=N[C@H]1[C@@H](OCc2ccccc2)O[C@@H]2CO[C@@H](c3ccccc3)O[C@H]2[C@@H]1O. The van der Waals surface area contributed by atoms with Crippen molar-refractivity contribution in [1.29, 1.82) is 0 Å². The Morgan fingerprint density at radius 3 is 2.38 bits per heavy atom. The number of hydrogen-bond acceptors (Lipinski definition) is 7. The van der Waals surface area contributed by atoms with Gasteiger partial charge in [0.15, 0.2) is 12.6 Å². The standard InChI is InChI=1S/C27H27NO6/c29-21-14-8-7-13-20(21)15-28-23-24(30)25-22(17-32-26(34-25)19-11-5-2-6-12-19)33-27(23)31-16-18-9-3-1-4-10-18/h1-15,22-27,29-30H,16-17H2/t22-,23-,24-,25-,26-,27+/m1/s1. The van der Waals surface area contributed by atoms with E-state index in [1.165, 1.54) is 6.21 Å². The highest BCUT2D eigenvalue weighted by Gasteiger charge is 2.49. The van der Waals surface area contributed by atoms with Gasteiger partial charge < -0.3 is 29.2 Å². The molecule has 0 aromatic heterocycles. The lowest BCUT2D eigenvalue weighted by Gasteiger charge is -2.46. The quantitative estimate of drug-likeness (QED) is 0.546. The number of hydrogen-bond donors (Lipinski definition) is 2. The number of ether oxygens (including phenoxy) is 4. The van der Waals surface area contributed by atoms with E-state index in [0.717, 1.165) is 11.1 Å². The Bertz CT molecular complexity index is 1090. The summed E-state index contributed by atoms with van der Waals surface area (Å²) >= 11 is 0. The first-order chi connectivity index (χ1) is 16.7. The Morgan fingerprint density at radius 2 is 1.62 bits per heavy atom. The molecule has 0 unspecified atom stereocenters. The Kier molecular flexibility index (Phi) is 6.99. The molecule has 7 heteroatoms. The molecule has 34 heavy (non-hydrogen) atoms. The summed E-state index contributed by atoms with van der Waals surface area (Å²) in [4.78, 5) is 4.57. The van der Waals surface area contributed by atoms with Crippen molar-refractivity contribution in [3.63, 3.8) is 0 Å². The highest BCUT2D eigenvalue weighted by atomic mass is 16.7. The minimum Gasteiger partial charge on any atom is -0.507 e. The highest BCUT2D eigenvalue weighted by Crippen LogP contribution is 2.35. The summed E-state index contributed by atoms with van der Waals surface area (Å²) in [6.45, 7) is 0.551. The van der Waals surface area contributed by atoms with Crippen LogP contribution in [0, 0.1) is 0 Å². The van der Waals surface area contributed by atoms with Crippen LogP contribution in [0.3, 0.4) is 0 Å². The number of rotatable bonds is 6. The van der Waals surface area contributed by atoms with Crippen LogP contribution in [0.15, 0.2) is 89.9 Å². The first kappa shape index (κ1) is 22.7. The number of benzene rings is 3. The summed E-state index contributed by atoms with van der Waals surface area (Å²) in [5.41, 5.74) is 2.38. The van der Waals surface area contributed by atoms with E-state index < -0.39 is 36.9 Å². The van der Waals surface area contributed by atoms with Crippen LogP contribution in [-0.4, -0.2) is 53.7 Å². The van der Waals surface area contributed by atoms with E-state index in [-0.39, 0.29) is 12.4 Å². The van der Waals surface area contributed by atoms with E-state index in [4.69, 9.17) is 18.9 Å². The van der Waals surface area contributed by atoms with Crippen molar-refractivity contribution in [3.8, 4) is 5.75 Å². The van der Waals surface area contributed by atoms with Gasteiger partial charge in [0.05, 0.1) is 13.2 Å². The Morgan fingerprint density at radius 1 is 0.912 bits per heavy atom. The minimum atomic E-state index is -1.00. The highest BCUT2D eigenvalue weighted by molar-refractivity contribution is 5.83. The lowest BCUT2D eigenvalue weighted by molar-refractivity contribution is -0.343. The van der Waals surface area contributed by atoms with Crippen molar-refractivity contribution < 1.29 is 29.2 Å². The second-order valence-electron chi connectivity index (χ2n) is 8.33. The van der Waals surface area contributed by atoms with Crippen LogP contribution in [0.2, 0.25) is 0 Å². The molecule has 3 aromatic carbocycles. The molecule has 0 aliphatic carbocycles. The largest absolute Gasteiger partial charge is 0.507 e. The van der Waals surface area contributed by atoms with Crippen molar-refractivity contribution in [2.75, 3.05) is 6.61 Å². The number of aromatic hydroxyl groups is 1. The van der Waals surface area contributed by atoms with Crippen molar-refractivity contribution in [1.82, 2.24) is 0 Å². The molecule has 3 aromatic rings. The molecule has 6 atom stereocenters. The number of aliphatic imine (C=N–C) groups is 1. The molecule has 2 fully saturated rings. The molecule has 0 amide bonds. The van der Waals surface area contributed by atoms with Crippen LogP contribution in [0.5, 0.6) is 5.75 Å². The lowest BCUT2D eigenvalue weighted by Crippen LogP contribution is -2.61. The van der Waals surface area contributed by atoms with Crippen LogP contribution >= 0.6 is 0 Å². The van der Waals surface area contributed by atoms with Gasteiger partial charge in [0.25, 0.3) is 0 Å². The summed E-state index contributed by atoms with van der Waals surface area (Å²) < 4.78 is 24.3. The Hall–Kier alpha value is -3.07. The number of para-hydroxylation sites is 1. The average Bonchev–Trinajstić information content (AvgIpc) is 2.89. The zero-order valence-electron chi connectivity index (χ0n) is 18.5. The summed E-state index contributed by atoms with van der Waals surface area (Å²) in [6.07, 6.45) is -2.06. The van der Waals surface area contributed by atoms with Crippen molar-refractivity contribution >= 4 is 6.21 Å². The smallest absolute Gasteiger partial charge is 0.184 e. The molecule has 7 nitrogen and oxygen atoms in total. The molecule has 0 spiro atoms. The van der Waals surface area contributed by atoms with Gasteiger partial charge in [0.2, 0.25) is 0 Å². The van der Waals surface area contributed by atoms with Crippen LogP contribution < -0.4 is 0 Å². The van der Waals surface area contributed by atoms with Gasteiger partial charge in [-0.2, -0.15) is 0 Å². The number of fused-ring (bicyclic) bond motifs is 1. The zero-order chi connectivity index (χ0) is 23.3. The van der Waals surface area contributed by atoms with Crippen molar-refractivity contribution in [2.24, 2.45) is 4.99 Å². The van der Waals surface area contributed by atoms with Crippen LogP contribution in [0.1, 0.15) is 23.0 Å². The molecule has 0 radical (unpaired) electrons. The van der Waals surface area contributed by atoms with E-state index in [2.05, 4.69) is 4.99 Å². The maximum absolute atomic E-state index is 11.3. The summed E-state index contributed by atoms with van der Waals surface area (Å²) in [5.74, 6) is 0.101.